The highest BCUT2D eigenvalue weighted by Gasteiger charge is 2.34. The number of ether oxygens (including phenoxy) is 2. The molecule has 1 atom stereocenters. The molecule has 0 saturated carbocycles. The second kappa shape index (κ2) is 11.6. The van der Waals surface area contributed by atoms with Gasteiger partial charge in [-0.25, -0.2) is 0 Å². The molecule has 2 aliphatic heterocycles. The molecule has 1 aromatic heterocycles. The summed E-state index contributed by atoms with van der Waals surface area (Å²) in [6.07, 6.45) is 5.32. The third-order valence-electron chi connectivity index (χ3n) is 8.22. The third-order valence-corrected chi connectivity index (χ3v) is 8.22. The van der Waals surface area contributed by atoms with Crippen molar-refractivity contribution >= 4 is 22.9 Å². The number of para-hydroxylation sites is 1. The monoisotopic (exact) mass is 535 g/mol. The molecule has 0 saturated heterocycles. The number of aromatic nitrogens is 1. The predicted molar refractivity (Wildman–Crippen MR) is 160 cm³/mol. The van der Waals surface area contributed by atoms with Crippen LogP contribution in [0.5, 0.6) is 11.5 Å². The first kappa shape index (κ1) is 26.2. The number of likely N-dealkylation sites (N-methyl/N-ethyl adjacent to an activating group) is 1. The van der Waals surface area contributed by atoms with Crippen molar-refractivity contribution in [2.75, 3.05) is 39.4 Å². The summed E-state index contributed by atoms with van der Waals surface area (Å²) in [5.41, 5.74) is 6.83. The molecule has 3 aromatic carbocycles. The lowest BCUT2D eigenvalue weighted by molar-refractivity contribution is -0.128. The van der Waals surface area contributed by atoms with Gasteiger partial charge < -0.3 is 24.3 Å². The van der Waals surface area contributed by atoms with Crippen molar-refractivity contribution in [3.8, 4) is 11.5 Å². The van der Waals surface area contributed by atoms with Gasteiger partial charge in [0.2, 0.25) is 5.91 Å². The second-order valence-electron chi connectivity index (χ2n) is 10.5. The standard InChI is InChI=1S/C34H37N3O3/c1-3-36(4-2)20-22-39-27-13-9-24(10-14-27)11-16-32(38)37-19-17-29-28-7-5-6-8-30(28)35-33(29)34(37)26-12-15-31-25(23-26)18-21-40-31/h5-16,23,34-35H,3-4,17-22H2,1-2H3/b16-11+/t34-/m1/s1. The maximum Gasteiger partial charge on any atom is 0.247 e. The first-order valence-corrected chi connectivity index (χ1v) is 14.4. The number of carbonyl (C=O) groups excluding carboxylic acids is 1. The Morgan fingerprint density at radius 3 is 2.73 bits per heavy atom. The molecule has 40 heavy (non-hydrogen) atoms. The van der Waals surface area contributed by atoms with Gasteiger partial charge in [0, 0.05) is 42.2 Å². The zero-order chi connectivity index (χ0) is 27.5. The zero-order valence-electron chi connectivity index (χ0n) is 23.4. The van der Waals surface area contributed by atoms with Crippen LogP contribution in [0.2, 0.25) is 0 Å². The topological polar surface area (TPSA) is 57.8 Å². The van der Waals surface area contributed by atoms with Crippen molar-refractivity contribution in [1.29, 1.82) is 0 Å². The Bertz CT molecular complexity index is 1520. The Hall–Kier alpha value is -4.03. The summed E-state index contributed by atoms with van der Waals surface area (Å²) in [7, 11) is 0. The molecule has 3 heterocycles. The van der Waals surface area contributed by atoms with Crippen LogP contribution in [0.3, 0.4) is 0 Å². The van der Waals surface area contributed by atoms with Crippen molar-refractivity contribution < 1.29 is 14.3 Å². The third kappa shape index (κ3) is 5.24. The molecule has 0 radical (unpaired) electrons. The molecule has 4 aromatic rings. The van der Waals surface area contributed by atoms with Gasteiger partial charge in [0.1, 0.15) is 18.1 Å². The van der Waals surface area contributed by atoms with Crippen LogP contribution in [-0.2, 0) is 17.6 Å². The van der Waals surface area contributed by atoms with Gasteiger partial charge in [-0.1, -0.05) is 50.2 Å². The first-order chi connectivity index (χ1) is 19.6. The van der Waals surface area contributed by atoms with Crippen LogP contribution in [-0.4, -0.2) is 60.1 Å². The average Bonchev–Trinajstić information content (AvgIpc) is 3.62. The number of nitrogens with zero attached hydrogens (tertiary/aromatic N) is 2. The summed E-state index contributed by atoms with van der Waals surface area (Å²) >= 11 is 0. The first-order valence-electron chi connectivity index (χ1n) is 14.4. The van der Waals surface area contributed by atoms with Gasteiger partial charge in [0.05, 0.1) is 12.6 Å². The van der Waals surface area contributed by atoms with Gasteiger partial charge in [0.15, 0.2) is 0 Å². The molecule has 6 heteroatoms. The number of hydrogen-bond acceptors (Lipinski definition) is 4. The minimum absolute atomic E-state index is 0.00519. The van der Waals surface area contributed by atoms with Gasteiger partial charge in [-0.05, 0) is 78.2 Å². The Kier molecular flexibility index (Phi) is 7.60. The molecule has 0 bridgehead atoms. The molecule has 6 rings (SSSR count). The van der Waals surface area contributed by atoms with E-state index < -0.39 is 0 Å². The van der Waals surface area contributed by atoms with Crippen molar-refractivity contribution in [2.24, 2.45) is 0 Å². The summed E-state index contributed by atoms with van der Waals surface area (Å²) < 4.78 is 11.7. The maximum atomic E-state index is 13.7. The van der Waals surface area contributed by atoms with Crippen LogP contribution < -0.4 is 9.47 Å². The Morgan fingerprint density at radius 1 is 1.07 bits per heavy atom. The number of nitrogens with one attached hydrogen (secondary N) is 1. The minimum Gasteiger partial charge on any atom is -0.493 e. The summed E-state index contributed by atoms with van der Waals surface area (Å²) in [6.45, 7) is 9.33. The Labute approximate surface area is 236 Å². The molecule has 206 valence electrons. The molecule has 0 fully saturated rings. The lowest BCUT2D eigenvalue weighted by atomic mass is 9.91. The van der Waals surface area contributed by atoms with Gasteiger partial charge in [-0.3, -0.25) is 4.79 Å². The maximum absolute atomic E-state index is 13.7. The summed E-state index contributed by atoms with van der Waals surface area (Å²) in [5, 5.41) is 1.24. The van der Waals surface area contributed by atoms with E-state index in [1.807, 2.05) is 35.2 Å². The molecule has 1 amide bonds. The van der Waals surface area contributed by atoms with Crippen LogP contribution >= 0.6 is 0 Å². The summed E-state index contributed by atoms with van der Waals surface area (Å²) in [6, 6.07) is 22.6. The fourth-order valence-corrected chi connectivity index (χ4v) is 5.97. The number of fused-ring (bicyclic) bond motifs is 4. The van der Waals surface area contributed by atoms with E-state index in [2.05, 4.69) is 66.2 Å². The predicted octanol–water partition coefficient (Wildman–Crippen LogP) is 6.01. The lowest BCUT2D eigenvalue weighted by Gasteiger charge is -2.36. The number of amides is 1. The fraction of sp³-hybridized carbons (Fsp3) is 0.324. The quantitative estimate of drug-likeness (QED) is 0.267. The summed E-state index contributed by atoms with van der Waals surface area (Å²) in [5.74, 6) is 1.80. The van der Waals surface area contributed by atoms with Crippen LogP contribution in [0.4, 0.5) is 0 Å². The van der Waals surface area contributed by atoms with E-state index in [0.717, 1.165) is 66.3 Å². The van der Waals surface area contributed by atoms with E-state index >= 15 is 0 Å². The highest BCUT2D eigenvalue weighted by Crippen LogP contribution is 2.40. The number of hydrogen-bond donors (Lipinski definition) is 1. The number of rotatable bonds is 9. The second-order valence-corrected chi connectivity index (χ2v) is 10.5. The highest BCUT2D eigenvalue weighted by molar-refractivity contribution is 5.93. The average molecular weight is 536 g/mol. The number of carbonyl (C=O) groups is 1. The van der Waals surface area contributed by atoms with Crippen LogP contribution in [0.15, 0.2) is 72.8 Å². The van der Waals surface area contributed by atoms with Crippen molar-refractivity contribution in [2.45, 2.75) is 32.7 Å². The van der Waals surface area contributed by atoms with Crippen molar-refractivity contribution in [3.05, 3.63) is 101 Å². The van der Waals surface area contributed by atoms with E-state index in [1.54, 1.807) is 6.08 Å². The van der Waals surface area contributed by atoms with Crippen molar-refractivity contribution in [3.63, 3.8) is 0 Å². The summed E-state index contributed by atoms with van der Waals surface area (Å²) in [4.78, 5) is 21.7. The Morgan fingerprint density at radius 2 is 1.90 bits per heavy atom. The van der Waals surface area contributed by atoms with E-state index in [1.165, 1.54) is 16.5 Å². The molecular weight excluding hydrogens is 498 g/mol. The van der Waals surface area contributed by atoms with Crippen LogP contribution in [0, 0.1) is 0 Å². The molecule has 1 N–H and O–H groups in total. The minimum atomic E-state index is -0.180. The molecule has 0 spiro atoms. The fourth-order valence-electron chi connectivity index (χ4n) is 5.97. The Balaban J connectivity index is 1.22. The van der Waals surface area contributed by atoms with Gasteiger partial charge in [-0.15, -0.1) is 0 Å². The largest absolute Gasteiger partial charge is 0.493 e. The van der Waals surface area contributed by atoms with Gasteiger partial charge >= 0.3 is 0 Å². The van der Waals surface area contributed by atoms with Gasteiger partial charge in [0.25, 0.3) is 0 Å². The van der Waals surface area contributed by atoms with Gasteiger partial charge in [-0.2, -0.15) is 0 Å². The molecule has 2 aliphatic rings. The van der Waals surface area contributed by atoms with Crippen LogP contribution in [0.25, 0.3) is 17.0 Å². The number of benzene rings is 3. The SMILES string of the molecule is CCN(CC)CCOc1ccc(/C=C/C(=O)N2CCc3c([nH]c4ccccc34)[C@H]2c2ccc3c(c2)CCO3)cc1. The highest BCUT2D eigenvalue weighted by atomic mass is 16.5. The lowest BCUT2D eigenvalue weighted by Crippen LogP contribution is -2.39. The number of H-pyrrole nitrogens is 1. The van der Waals surface area contributed by atoms with E-state index in [9.17, 15) is 4.79 Å². The normalized spacial score (nSPS) is 16.4. The van der Waals surface area contributed by atoms with E-state index in [0.29, 0.717) is 19.8 Å². The van der Waals surface area contributed by atoms with E-state index in [-0.39, 0.29) is 11.9 Å². The molecule has 0 unspecified atom stereocenters. The molecular formula is C34H37N3O3. The molecule has 6 nitrogen and oxygen atoms in total. The van der Waals surface area contributed by atoms with E-state index in [4.69, 9.17) is 9.47 Å². The van der Waals surface area contributed by atoms with Crippen molar-refractivity contribution in [1.82, 2.24) is 14.8 Å². The smallest absolute Gasteiger partial charge is 0.247 e. The molecule has 0 aliphatic carbocycles. The van der Waals surface area contributed by atoms with Crippen LogP contribution in [0.1, 0.15) is 47.8 Å². The number of aromatic amines is 1. The zero-order valence-corrected chi connectivity index (χ0v) is 23.4.